The molecule has 12 nitrogen and oxygen atoms in total. The fourth-order valence-electron chi connectivity index (χ4n) is 4.13. The van der Waals surface area contributed by atoms with Crippen LogP contribution in [-0.4, -0.2) is 47.2 Å². The van der Waals surface area contributed by atoms with Crippen molar-refractivity contribution < 1.29 is 33.3 Å². The summed E-state index contributed by atoms with van der Waals surface area (Å²) in [5.74, 6) is 2.48. The molecule has 0 unspecified atom stereocenters. The van der Waals surface area contributed by atoms with E-state index in [2.05, 4.69) is 15.5 Å². The Labute approximate surface area is 244 Å². The molecular weight excluding hydrogens is 560 g/mol. The summed E-state index contributed by atoms with van der Waals surface area (Å²) in [6.07, 6.45) is 1.79. The molecular formula is C29H24N6O6S. The van der Waals surface area contributed by atoms with Crippen LogP contribution in [0.5, 0.6) is 28.9 Å². The molecule has 1 aliphatic rings. The monoisotopic (exact) mass is 584 g/mol. The summed E-state index contributed by atoms with van der Waals surface area (Å²) < 4.78 is 29.8. The van der Waals surface area contributed by atoms with Gasteiger partial charge in [-0.2, -0.15) is 9.78 Å². The van der Waals surface area contributed by atoms with Gasteiger partial charge in [0.15, 0.2) is 17.5 Å². The number of allylic oxidation sites excluding steroid dienone is 1. The minimum atomic E-state index is -0.660. The molecule has 0 amide bonds. The predicted octanol–water partition coefficient (Wildman–Crippen LogP) is 3.62. The quantitative estimate of drug-likeness (QED) is 0.237. The number of methoxy groups -OCH3 is 3. The Morgan fingerprint density at radius 2 is 1.40 bits per heavy atom. The van der Waals surface area contributed by atoms with Crippen molar-refractivity contribution in [1.82, 2.24) is 20.1 Å². The molecule has 0 radical (unpaired) electrons. The largest absolute Gasteiger partial charge is 0.539 e. The van der Waals surface area contributed by atoms with Crippen LogP contribution in [0.2, 0.25) is 0 Å². The van der Waals surface area contributed by atoms with Gasteiger partial charge in [0.25, 0.3) is 5.69 Å². The Bertz CT molecular complexity index is 1760. The maximum Gasteiger partial charge on any atom is 0.290 e. The molecule has 1 aliphatic heterocycles. The van der Waals surface area contributed by atoms with Gasteiger partial charge in [-0.3, -0.25) is 0 Å². The first-order chi connectivity index (χ1) is 20.6. The molecule has 0 bridgehead atoms. The van der Waals surface area contributed by atoms with Crippen molar-refractivity contribution in [2.75, 3.05) is 21.3 Å². The number of hydrogen-bond donors (Lipinski definition) is 0. The second-order valence-corrected chi connectivity index (χ2v) is 9.83. The molecule has 6 rings (SSSR count). The standard InChI is InChI=1S/C29H24N6O6S/c1-37-20-8-4-18(5-9-20)25-16-24(27-28(36)41-33-34(27)19-6-10-21(38-2)11-7-19)32-35-26(30-31-29(35)42-25)17-40-23-14-12-22(39-3)13-15-23/h4-16H,17H2,1-3H3. The van der Waals surface area contributed by atoms with Crippen molar-refractivity contribution in [3.8, 4) is 34.6 Å². The number of nitrogens with zero attached hydrogens (tertiary/aromatic N) is 6. The fourth-order valence-corrected chi connectivity index (χ4v) is 5.07. The topological polar surface area (TPSA) is 133 Å². The SMILES string of the molecule is COc1ccc(OCc2nnc3n2N=C(c2c([O-])on[n+]2-c2ccc(OC)cc2)C=C(c2ccc(OC)cc2)S3)cc1. The summed E-state index contributed by atoms with van der Waals surface area (Å²) in [7, 11) is 4.79. The van der Waals surface area contributed by atoms with Crippen LogP contribution in [0.15, 0.2) is 93.7 Å². The zero-order valence-corrected chi connectivity index (χ0v) is 23.6. The highest BCUT2D eigenvalue weighted by atomic mass is 32.2. The number of rotatable bonds is 9. The minimum Gasteiger partial charge on any atom is -0.539 e. The number of fused-ring (bicyclic) bond motifs is 1. The summed E-state index contributed by atoms with van der Waals surface area (Å²) in [4.78, 5) is 0.770. The van der Waals surface area contributed by atoms with E-state index < -0.39 is 5.95 Å². The Balaban J connectivity index is 1.43. The normalized spacial score (nSPS) is 12.5. The highest BCUT2D eigenvalue weighted by molar-refractivity contribution is 8.08. The lowest BCUT2D eigenvalue weighted by Gasteiger charge is -2.07. The molecule has 42 heavy (non-hydrogen) atoms. The second-order valence-electron chi connectivity index (χ2n) is 8.82. The maximum atomic E-state index is 13.1. The van der Waals surface area contributed by atoms with Crippen LogP contribution >= 0.6 is 11.8 Å². The lowest BCUT2D eigenvalue weighted by atomic mass is 10.1. The van der Waals surface area contributed by atoms with Crippen molar-refractivity contribution in [2.45, 2.75) is 11.8 Å². The molecule has 2 aromatic heterocycles. The minimum absolute atomic E-state index is 0.0703. The first-order valence-electron chi connectivity index (χ1n) is 12.6. The summed E-state index contributed by atoms with van der Waals surface area (Å²) in [5.41, 5.74) is 1.86. The average molecular weight is 585 g/mol. The van der Waals surface area contributed by atoms with Crippen LogP contribution in [0.1, 0.15) is 17.1 Å². The van der Waals surface area contributed by atoms with Crippen LogP contribution in [0, 0.1) is 0 Å². The van der Waals surface area contributed by atoms with E-state index in [0.717, 1.165) is 10.5 Å². The Hall–Kier alpha value is -5.30. The molecule has 3 aromatic carbocycles. The molecule has 0 saturated carbocycles. The second kappa shape index (κ2) is 11.7. The number of ether oxygens (including phenoxy) is 4. The Morgan fingerprint density at radius 1 is 0.810 bits per heavy atom. The van der Waals surface area contributed by atoms with E-state index in [1.807, 2.05) is 24.3 Å². The van der Waals surface area contributed by atoms with Gasteiger partial charge < -0.3 is 28.6 Å². The molecule has 0 spiro atoms. The number of benzene rings is 3. The van der Waals surface area contributed by atoms with E-state index in [1.165, 1.54) is 16.4 Å². The zero-order valence-electron chi connectivity index (χ0n) is 22.8. The molecule has 0 atom stereocenters. The zero-order chi connectivity index (χ0) is 29.1. The maximum absolute atomic E-state index is 13.1. The van der Waals surface area contributed by atoms with Gasteiger partial charge in [0.1, 0.15) is 29.6 Å². The third kappa shape index (κ3) is 5.37. The van der Waals surface area contributed by atoms with Crippen LogP contribution in [-0.2, 0) is 6.61 Å². The van der Waals surface area contributed by atoms with E-state index >= 15 is 0 Å². The molecule has 0 N–H and O–H groups in total. The number of hydrogen-bond acceptors (Lipinski definition) is 11. The van der Waals surface area contributed by atoms with E-state index in [-0.39, 0.29) is 12.3 Å². The van der Waals surface area contributed by atoms with Crippen LogP contribution in [0.4, 0.5) is 0 Å². The van der Waals surface area contributed by atoms with Crippen molar-refractivity contribution in [3.05, 3.63) is 96.0 Å². The van der Waals surface area contributed by atoms with Crippen molar-refractivity contribution in [3.63, 3.8) is 0 Å². The van der Waals surface area contributed by atoms with Gasteiger partial charge in [-0.25, -0.2) is 0 Å². The van der Waals surface area contributed by atoms with E-state index in [4.69, 9.17) is 28.6 Å². The molecule has 13 heteroatoms. The first kappa shape index (κ1) is 26.9. The molecule has 5 aromatic rings. The molecule has 0 fully saturated rings. The highest BCUT2D eigenvalue weighted by Crippen LogP contribution is 2.37. The Morgan fingerprint density at radius 3 is 2.05 bits per heavy atom. The summed E-state index contributed by atoms with van der Waals surface area (Å²) in [6.45, 7) is 0.0703. The molecule has 3 heterocycles. The summed E-state index contributed by atoms with van der Waals surface area (Å²) in [5, 5.41) is 31.1. The van der Waals surface area contributed by atoms with Crippen molar-refractivity contribution in [2.24, 2.45) is 5.10 Å². The van der Waals surface area contributed by atoms with Crippen molar-refractivity contribution >= 4 is 22.4 Å². The van der Waals surface area contributed by atoms with E-state index in [9.17, 15) is 5.11 Å². The average Bonchev–Trinajstić information content (AvgIpc) is 3.55. The summed E-state index contributed by atoms with van der Waals surface area (Å²) in [6, 6.07) is 21.8. The first-order valence-corrected chi connectivity index (χ1v) is 13.5. The lowest BCUT2D eigenvalue weighted by molar-refractivity contribution is -0.671. The molecule has 0 aliphatic carbocycles. The highest BCUT2D eigenvalue weighted by Gasteiger charge is 2.29. The van der Waals surface area contributed by atoms with E-state index in [1.54, 1.807) is 80.6 Å². The predicted molar refractivity (Wildman–Crippen MR) is 150 cm³/mol. The van der Waals surface area contributed by atoms with Crippen LogP contribution in [0.25, 0.3) is 10.6 Å². The van der Waals surface area contributed by atoms with Crippen LogP contribution < -0.4 is 28.7 Å². The van der Waals surface area contributed by atoms with Gasteiger partial charge >= 0.3 is 0 Å². The van der Waals surface area contributed by atoms with Crippen molar-refractivity contribution in [1.29, 1.82) is 0 Å². The Kier molecular flexibility index (Phi) is 7.47. The van der Waals surface area contributed by atoms with Gasteiger partial charge in [0, 0.05) is 17.0 Å². The fraction of sp³-hybridized carbons (Fsp3) is 0.138. The molecule has 0 saturated heterocycles. The van der Waals surface area contributed by atoms with Gasteiger partial charge in [-0.15, -0.1) is 10.2 Å². The third-order valence-electron chi connectivity index (χ3n) is 6.33. The van der Waals surface area contributed by atoms with Gasteiger partial charge in [0.05, 0.1) is 26.6 Å². The van der Waals surface area contributed by atoms with E-state index in [0.29, 0.717) is 45.4 Å². The van der Waals surface area contributed by atoms with Crippen LogP contribution in [0.3, 0.4) is 0 Å². The van der Waals surface area contributed by atoms with Gasteiger partial charge in [-0.1, -0.05) is 12.1 Å². The van der Waals surface area contributed by atoms with Gasteiger partial charge in [0.2, 0.25) is 10.8 Å². The third-order valence-corrected chi connectivity index (χ3v) is 7.34. The van der Waals surface area contributed by atoms with Gasteiger partial charge in [-0.05, 0) is 76.6 Å². The smallest absolute Gasteiger partial charge is 0.290 e. The number of thioether (sulfide) groups is 1. The molecule has 212 valence electrons. The lowest BCUT2D eigenvalue weighted by Crippen LogP contribution is -2.39. The summed E-state index contributed by atoms with van der Waals surface area (Å²) >= 11 is 1.35. The number of aromatic nitrogens is 5.